The molecule has 0 aliphatic carbocycles. The molecule has 0 saturated carbocycles. The summed E-state index contributed by atoms with van der Waals surface area (Å²) in [6.45, 7) is -0.103. The number of nitro groups is 1. The number of rotatable bonds is 6. The lowest BCUT2D eigenvalue weighted by Crippen LogP contribution is -2.29. The minimum absolute atomic E-state index is 0.0681. The van der Waals surface area contributed by atoms with Crippen LogP contribution in [0.3, 0.4) is 0 Å². The lowest BCUT2D eigenvalue weighted by Gasteiger charge is -2.16. The van der Waals surface area contributed by atoms with Crippen molar-refractivity contribution in [3.05, 3.63) is 99.1 Å². The first-order valence-corrected chi connectivity index (χ1v) is 9.47. The van der Waals surface area contributed by atoms with Crippen molar-refractivity contribution in [2.75, 3.05) is 12.0 Å². The van der Waals surface area contributed by atoms with Crippen LogP contribution in [0.1, 0.15) is 36.6 Å². The van der Waals surface area contributed by atoms with Crippen molar-refractivity contribution >= 4 is 29.2 Å². The molecule has 0 N–H and O–H groups in total. The number of hydrogen-bond acceptors (Lipinski definition) is 7. The SMILES string of the molecule is COc1ccccc1N1C(=O)c2ccc(C(=O)OCc3ccc([N+](=O)[O-])cc3)cc2C1=O. The third kappa shape index (κ3) is 3.67. The fourth-order valence-electron chi connectivity index (χ4n) is 3.35. The molecular weight excluding hydrogens is 416 g/mol. The second kappa shape index (κ2) is 8.31. The average molecular weight is 432 g/mol. The van der Waals surface area contributed by atoms with Crippen molar-refractivity contribution in [3.63, 3.8) is 0 Å². The fraction of sp³-hybridized carbons (Fsp3) is 0.0870. The Morgan fingerprint density at radius 3 is 2.34 bits per heavy atom. The molecule has 0 spiro atoms. The van der Waals surface area contributed by atoms with Crippen LogP contribution >= 0.6 is 0 Å². The minimum atomic E-state index is -0.692. The van der Waals surface area contributed by atoms with E-state index in [0.29, 0.717) is 17.0 Å². The zero-order valence-corrected chi connectivity index (χ0v) is 16.8. The molecule has 32 heavy (non-hydrogen) atoms. The van der Waals surface area contributed by atoms with E-state index in [-0.39, 0.29) is 29.0 Å². The van der Waals surface area contributed by atoms with Gasteiger partial charge in [-0.15, -0.1) is 0 Å². The molecule has 9 heteroatoms. The first-order chi connectivity index (χ1) is 15.4. The predicted octanol–water partition coefficient (Wildman–Crippen LogP) is 3.76. The summed E-state index contributed by atoms with van der Waals surface area (Å²) >= 11 is 0. The smallest absolute Gasteiger partial charge is 0.338 e. The summed E-state index contributed by atoms with van der Waals surface area (Å²) in [5.74, 6) is -1.41. The van der Waals surface area contributed by atoms with Gasteiger partial charge in [-0.3, -0.25) is 19.7 Å². The van der Waals surface area contributed by atoms with Crippen LogP contribution in [-0.2, 0) is 11.3 Å². The molecule has 1 heterocycles. The van der Waals surface area contributed by atoms with Gasteiger partial charge in [-0.2, -0.15) is 0 Å². The number of methoxy groups -OCH3 is 1. The Morgan fingerprint density at radius 2 is 1.66 bits per heavy atom. The largest absolute Gasteiger partial charge is 0.495 e. The van der Waals surface area contributed by atoms with E-state index in [0.717, 1.165) is 4.90 Å². The van der Waals surface area contributed by atoms with Gasteiger partial charge in [0.2, 0.25) is 0 Å². The number of ether oxygens (including phenoxy) is 2. The lowest BCUT2D eigenvalue weighted by atomic mass is 10.1. The van der Waals surface area contributed by atoms with E-state index in [1.165, 1.54) is 49.6 Å². The van der Waals surface area contributed by atoms with Gasteiger partial charge in [0.05, 0.1) is 34.4 Å². The van der Waals surface area contributed by atoms with E-state index in [1.807, 2.05) is 0 Å². The minimum Gasteiger partial charge on any atom is -0.495 e. The number of fused-ring (bicyclic) bond motifs is 1. The van der Waals surface area contributed by atoms with Crippen LogP contribution in [0.2, 0.25) is 0 Å². The molecule has 0 unspecified atom stereocenters. The summed E-state index contributed by atoms with van der Waals surface area (Å²) in [4.78, 5) is 49.5. The molecule has 4 rings (SSSR count). The first kappa shape index (κ1) is 20.7. The molecule has 9 nitrogen and oxygen atoms in total. The van der Waals surface area contributed by atoms with Gasteiger partial charge in [-0.25, -0.2) is 9.69 Å². The van der Waals surface area contributed by atoms with Crippen molar-refractivity contribution in [2.24, 2.45) is 0 Å². The summed E-state index contributed by atoms with van der Waals surface area (Å²) in [6, 6.07) is 16.4. The molecule has 0 atom stereocenters. The Kier molecular flexibility index (Phi) is 5.38. The van der Waals surface area contributed by atoms with E-state index in [2.05, 4.69) is 0 Å². The normalized spacial score (nSPS) is 12.5. The topological polar surface area (TPSA) is 116 Å². The maximum Gasteiger partial charge on any atom is 0.338 e. The van der Waals surface area contributed by atoms with Crippen LogP contribution in [0.15, 0.2) is 66.7 Å². The van der Waals surface area contributed by atoms with Gasteiger partial charge in [0.1, 0.15) is 12.4 Å². The number of amides is 2. The summed E-state index contributed by atoms with van der Waals surface area (Å²) in [5, 5.41) is 10.7. The molecule has 1 aliphatic heterocycles. The number of esters is 1. The number of imide groups is 1. The number of carbonyl (C=O) groups excluding carboxylic acids is 3. The van der Waals surface area contributed by atoms with Gasteiger partial charge >= 0.3 is 5.97 Å². The third-order valence-electron chi connectivity index (χ3n) is 4.97. The van der Waals surface area contributed by atoms with Gasteiger partial charge < -0.3 is 9.47 Å². The Labute approximate surface area is 181 Å². The molecule has 3 aromatic rings. The van der Waals surface area contributed by atoms with Gasteiger partial charge in [0.15, 0.2) is 0 Å². The van der Waals surface area contributed by atoms with Crippen LogP contribution < -0.4 is 9.64 Å². The molecule has 160 valence electrons. The molecule has 0 fully saturated rings. The molecule has 0 saturated heterocycles. The van der Waals surface area contributed by atoms with Crippen LogP contribution in [0.25, 0.3) is 0 Å². The molecule has 0 radical (unpaired) electrons. The van der Waals surface area contributed by atoms with E-state index in [4.69, 9.17) is 9.47 Å². The maximum absolute atomic E-state index is 13.0. The third-order valence-corrected chi connectivity index (χ3v) is 4.97. The molecule has 0 aromatic heterocycles. The fourth-order valence-corrected chi connectivity index (χ4v) is 3.35. The van der Waals surface area contributed by atoms with Crippen molar-refractivity contribution < 1.29 is 28.8 Å². The summed E-state index contributed by atoms with van der Waals surface area (Å²) < 4.78 is 10.5. The number of benzene rings is 3. The van der Waals surface area contributed by atoms with Crippen molar-refractivity contribution in [1.29, 1.82) is 0 Å². The van der Waals surface area contributed by atoms with Crippen LogP contribution in [0.5, 0.6) is 5.75 Å². The highest BCUT2D eigenvalue weighted by molar-refractivity contribution is 6.35. The molecule has 1 aliphatic rings. The molecular formula is C23H16N2O7. The highest BCUT2D eigenvalue weighted by Gasteiger charge is 2.38. The zero-order valence-electron chi connectivity index (χ0n) is 16.8. The van der Waals surface area contributed by atoms with Crippen LogP contribution in [-0.4, -0.2) is 29.8 Å². The van der Waals surface area contributed by atoms with E-state index in [1.54, 1.807) is 24.3 Å². The number of non-ortho nitro benzene ring substituents is 1. The highest BCUT2D eigenvalue weighted by Crippen LogP contribution is 2.35. The molecule has 0 bridgehead atoms. The number of nitrogens with zero attached hydrogens (tertiary/aromatic N) is 2. The summed E-state index contributed by atoms with van der Waals surface area (Å²) in [6.07, 6.45) is 0. The lowest BCUT2D eigenvalue weighted by molar-refractivity contribution is -0.384. The maximum atomic E-state index is 13.0. The van der Waals surface area contributed by atoms with E-state index < -0.39 is 22.7 Å². The number of hydrogen-bond donors (Lipinski definition) is 0. The number of nitro benzene ring substituents is 1. The molecule has 2 amide bonds. The predicted molar refractivity (Wildman–Crippen MR) is 113 cm³/mol. The quantitative estimate of drug-likeness (QED) is 0.252. The molecule has 3 aromatic carbocycles. The van der Waals surface area contributed by atoms with Gasteiger partial charge in [0.25, 0.3) is 17.5 Å². The number of carbonyl (C=O) groups is 3. The summed E-state index contributed by atoms with van der Waals surface area (Å²) in [7, 11) is 1.44. The second-order valence-electron chi connectivity index (χ2n) is 6.88. The van der Waals surface area contributed by atoms with E-state index >= 15 is 0 Å². The van der Waals surface area contributed by atoms with Crippen molar-refractivity contribution in [3.8, 4) is 5.75 Å². The van der Waals surface area contributed by atoms with Crippen LogP contribution in [0.4, 0.5) is 11.4 Å². The van der Waals surface area contributed by atoms with Gasteiger partial charge in [0, 0.05) is 12.1 Å². The number of anilines is 1. The average Bonchev–Trinajstić information content (AvgIpc) is 3.06. The van der Waals surface area contributed by atoms with Crippen molar-refractivity contribution in [1.82, 2.24) is 0 Å². The highest BCUT2D eigenvalue weighted by atomic mass is 16.6. The summed E-state index contributed by atoms with van der Waals surface area (Å²) in [5.41, 5.74) is 1.18. The Bertz CT molecular complexity index is 1250. The first-order valence-electron chi connectivity index (χ1n) is 9.47. The van der Waals surface area contributed by atoms with Gasteiger partial charge in [-0.05, 0) is 48.0 Å². The second-order valence-corrected chi connectivity index (χ2v) is 6.88. The van der Waals surface area contributed by atoms with Crippen molar-refractivity contribution in [2.45, 2.75) is 6.61 Å². The van der Waals surface area contributed by atoms with Gasteiger partial charge in [-0.1, -0.05) is 12.1 Å². The zero-order chi connectivity index (χ0) is 22.8. The number of para-hydroxylation sites is 2. The van der Waals surface area contributed by atoms with E-state index in [9.17, 15) is 24.5 Å². The Hall–Kier alpha value is -4.53. The Morgan fingerprint density at radius 1 is 0.969 bits per heavy atom. The Balaban J connectivity index is 1.53. The monoisotopic (exact) mass is 432 g/mol. The standard InChI is InChI=1S/C23H16N2O7/c1-31-20-5-3-2-4-19(20)24-21(26)17-11-8-15(12-18(17)22(24)27)23(28)32-13-14-6-9-16(10-7-14)25(29)30/h2-12H,13H2,1H3. The van der Waals surface area contributed by atoms with Crippen LogP contribution in [0, 0.1) is 10.1 Å².